The molecule has 2 fully saturated rings. The van der Waals surface area contributed by atoms with Crippen LogP contribution in [0.1, 0.15) is 38.5 Å². The van der Waals surface area contributed by atoms with Gasteiger partial charge in [0.05, 0.1) is 0 Å². The zero-order valence-corrected chi connectivity index (χ0v) is 7.72. The Morgan fingerprint density at radius 2 is 2.17 bits per heavy atom. The first-order valence-electron chi connectivity index (χ1n) is 5.15. The van der Waals surface area contributed by atoms with Gasteiger partial charge >= 0.3 is 0 Å². The first kappa shape index (κ1) is 8.52. The zero-order valence-electron chi connectivity index (χ0n) is 7.72. The van der Waals surface area contributed by atoms with E-state index in [9.17, 15) is 0 Å². The number of hydrogen-bond acceptors (Lipinski definition) is 2. The summed E-state index contributed by atoms with van der Waals surface area (Å²) in [4.78, 5) is 0. The molecule has 1 heterocycles. The molecule has 2 aliphatic rings. The summed E-state index contributed by atoms with van der Waals surface area (Å²) in [5.41, 5.74) is 6.29. The lowest BCUT2D eigenvalue weighted by Crippen LogP contribution is -2.26. The fourth-order valence-electron chi connectivity index (χ4n) is 2.07. The minimum atomic E-state index is 0.221. The monoisotopic (exact) mass is 169 g/mol. The molecule has 0 aromatic heterocycles. The Balaban J connectivity index is 1.77. The minimum absolute atomic E-state index is 0.221. The van der Waals surface area contributed by atoms with Crippen LogP contribution in [0.3, 0.4) is 0 Å². The smallest absolute Gasteiger partial charge is 0.0494 e. The van der Waals surface area contributed by atoms with E-state index in [1.54, 1.807) is 0 Å². The topological polar surface area (TPSA) is 35.2 Å². The van der Waals surface area contributed by atoms with Crippen LogP contribution in [-0.2, 0) is 4.74 Å². The first-order valence-corrected chi connectivity index (χ1v) is 5.15. The number of rotatable bonds is 2. The van der Waals surface area contributed by atoms with E-state index in [-0.39, 0.29) is 5.54 Å². The van der Waals surface area contributed by atoms with Gasteiger partial charge in [-0.3, -0.25) is 0 Å². The largest absolute Gasteiger partial charge is 0.381 e. The maximum absolute atomic E-state index is 6.07. The molecule has 1 aliphatic heterocycles. The standard InChI is InChI=1S/C10H19NO/c11-10(4-5-10)7-9-3-1-2-6-12-8-9/h9H,1-8,11H2. The summed E-state index contributed by atoms with van der Waals surface area (Å²) in [6.07, 6.45) is 7.59. The van der Waals surface area contributed by atoms with Gasteiger partial charge in [-0.15, -0.1) is 0 Å². The molecule has 0 bridgehead atoms. The molecule has 0 spiro atoms. The van der Waals surface area contributed by atoms with E-state index < -0.39 is 0 Å². The maximum Gasteiger partial charge on any atom is 0.0494 e. The molecule has 0 amide bonds. The van der Waals surface area contributed by atoms with Gasteiger partial charge in [0.1, 0.15) is 0 Å². The highest BCUT2D eigenvalue weighted by Gasteiger charge is 2.39. The molecule has 1 saturated heterocycles. The average molecular weight is 169 g/mol. The molecule has 0 radical (unpaired) electrons. The van der Waals surface area contributed by atoms with E-state index in [0.29, 0.717) is 0 Å². The Bertz CT molecular complexity index is 146. The van der Waals surface area contributed by atoms with E-state index in [1.165, 1.54) is 38.5 Å². The molecule has 1 atom stereocenters. The third-order valence-electron chi connectivity index (χ3n) is 3.09. The van der Waals surface area contributed by atoms with Crippen molar-refractivity contribution in [2.45, 2.75) is 44.1 Å². The van der Waals surface area contributed by atoms with E-state index in [1.807, 2.05) is 0 Å². The summed E-state index contributed by atoms with van der Waals surface area (Å²) in [7, 11) is 0. The number of nitrogens with two attached hydrogens (primary N) is 1. The Morgan fingerprint density at radius 1 is 1.33 bits per heavy atom. The average Bonchev–Trinajstić information content (AvgIpc) is 2.78. The predicted molar refractivity (Wildman–Crippen MR) is 48.9 cm³/mol. The van der Waals surface area contributed by atoms with Crippen molar-refractivity contribution < 1.29 is 4.74 Å². The van der Waals surface area contributed by atoms with Crippen LogP contribution in [0.25, 0.3) is 0 Å². The van der Waals surface area contributed by atoms with Crippen LogP contribution in [0.15, 0.2) is 0 Å². The van der Waals surface area contributed by atoms with Crippen molar-refractivity contribution >= 4 is 0 Å². The number of ether oxygens (including phenoxy) is 1. The third kappa shape index (κ3) is 2.20. The molecular weight excluding hydrogens is 150 g/mol. The van der Waals surface area contributed by atoms with Crippen molar-refractivity contribution in [1.82, 2.24) is 0 Å². The second kappa shape index (κ2) is 3.35. The van der Waals surface area contributed by atoms with Crippen LogP contribution in [0.5, 0.6) is 0 Å². The second-order valence-corrected chi connectivity index (χ2v) is 4.50. The molecule has 0 aromatic rings. The van der Waals surface area contributed by atoms with Crippen molar-refractivity contribution in [2.24, 2.45) is 11.7 Å². The van der Waals surface area contributed by atoms with Gasteiger partial charge in [-0.05, 0) is 38.0 Å². The zero-order chi connectivity index (χ0) is 8.44. The lowest BCUT2D eigenvalue weighted by atomic mass is 9.95. The van der Waals surface area contributed by atoms with E-state index in [0.717, 1.165) is 19.1 Å². The van der Waals surface area contributed by atoms with Gasteiger partial charge in [0.15, 0.2) is 0 Å². The molecule has 2 N–H and O–H groups in total. The summed E-state index contributed by atoms with van der Waals surface area (Å²) in [5, 5.41) is 0. The van der Waals surface area contributed by atoms with Gasteiger partial charge in [-0.2, -0.15) is 0 Å². The third-order valence-corrected chi connectivity index (χ3v) is 3.09. The van der Waals surface area contributed by atoms with Crippen molar-refractivity contribution in [3.63, 3.8) is 0 Å². The van der Waals surface area contributed by atoms with Crippen LogP contribution in [0.4, 0.5) is 0 Å². The van der Waals surface area contributed by atoms with Crippen LogP contribution in [-0.4, -0.2) is 18.8 Å². The van der Waals surface area contributed by atoms with Crippen LogP contribution < -0.4 is 5.73 Å². The van der Waals surface area contributed by atoms with Gasteiger partial charge in [0.25, 0.3) is 0 Å². The van der Waals surface area contributed by atoms with E-state index in [2.05, 4.69) is 0 Å². The summed E-state index contributed by atoms with van der Waals surface area (Å²) >= 11 is 0. The SMILES string of the molecule is NC1(CC2CCCCOC2)CC1. The summed E-state index contributed by atoms with van der Waals surface area (Å²) < 4.78 is 5.53. The normalized spacial score (nSPS) is 34.2. The Kier molecular flexibility index (Phi) is 2.37. The Morgan fingerprint density at radius 3 is 2.92 bits per heavy atom. The Hall–Kier alpha value is -0.0800. The first-order chi connectivity index (χ1) is 5.79. The highest BCUT2D eigenvalue weighted by Crippen LogP contribution is 2.39. The lowest BCUT2D eigenvalue weighted by Gasteiger charge is -2.17. The molecular formula is C10H19NO. The molecule has 1 saturated carbocycles. The highest BCUT2D eigenvalue weighted by atomic mass is 16.5. The van der Waals surface area contributed by atoms with E-state index in [4.69, 9.17) is 10.5 Å². The molecule has 1 unspecified atom stereocenters. The summed E-state index contributed by atoms with van der Waals surface area (Å²) in [5.74, 6) is 0.750. The molecule has 2 rings (SSSR count). The molecule has 12 heavy (non-hydrogen) atoms. The molecule has 2 nitrogen and oxygen atoms in total. The quantitative estimate of drug-likeness (QED) is 0.682. The van der Waals surface area contributed by atoms with Gasteiger partial charge in [0.2, 0.25) is 0 Å². The fraction of sp³-hybridized carbons (Fsp3) is 1.00. The summed E-state index contributed by atoms with van der Waals surface area (Å²) in [6, 6.07) is 0. The number of hydrogen-bond donors (Lipinski definition) is 1. The van der Waals surface area contributed by atoms with Gasteiger partial charge in [-0.25, -0.2) is 0 Å². The fourth-order valence-corrected chi connectivity index (χ4v) is 2.07. The van der Waals surface area contributed by atoms with Gasteiger partial charge < -0.3 is 10.5 Å². The van der Waals surface area contributed by atoms with Gasteiger partial charge in [0, 0.05) is 18.8 Å². The minimum Gasteiger partial charge on any atom is -0.381 e. The lowest BCUT2D eigenvalue weighted by molar-refractivity contribution is 0.109. The molecule has 70 valence electrons. The van der Waals surface area contributed by atoms with Crippen molar-refractivity contribution in [3.05, 3.63) is 0 Å². The second-order valence-electron chi connectivity index (χ2n) is 4.50. The molecule has 1 aliphatic carbocycles. The van der Waals surface area contributed by atoms with Crippen LogP contribution in [0.2, 0.25) is 0 Å². The van der Waals surface area contributed by atoms with Crippen LogP contribution in [0, 0.1) is 5.92 Å². The molecule has 2 heteroatoms. The van der Waals surface area contributed by atoms with Gasteiger partial charge in [-0.1, -0.05) is 6.42 Å². The highest BCUT2D eigenvalue weighted by molar-refractivity contribution is 4.99. The van der Waals surface area contributed by atoms with E-state index >= 15 is 0 Å². The molecule has 0 aromatic carbocycles. The van der Waals surface area contributed by atoms with Crippen LogP contribution >= 0.6 is 0 Å². The van der Waals surface area contributed by atoms with Crippen molar-refractivity contribution in [3.8, 4) is 0 Å². The van der Waals surface area contributed by atoms with Crippen molar-refractivity contribution in [1.29, 1.82) is 0 Å². The van der Waals surface area contributed by atoms with Crippen molar-refractivity contribution in [2.75, 3.05) is 13.2 Å². The Labute approximate surface area is 74.5 Å². The summed E-state index contributed by atoms with van der Waals surface area (Å²) in [6.45, 7) is 1.92. The maximum atomic E-state index is 6.07. The predicted octanol–water partition coefficient (Wildman–Crippen LogP) is 1.68.